The maximum Gasteiger partial charge on any atom is 0.0220 e. The number of nitrogens with zero attached hydrogens (tertiary/aromatic N) is 2. The van der Waals surface area contributed by atoms with Crippen LogP contribution in [-0.2, 0) is 0 Å². The van der Waals surface area contributed by atoms with E-state index in [9.17, 15) is 0 Å². The molecule has 0 saturated heterocycles. The van der Waals surface area contributed by atoms with Gasteiger partial charge in [-0.05, 0) is 60.0 Å². The van der Waals surface area contributed by atoms with Crippen LogP contribution in [0.2, 0.25) is 0 Å². The molecule has 17 heavy (non-hydrogen) atoms. The van der Waals surface area contributed by atoms with Crippen molar-refractivity contribution < 1.29 is 0 Å². The second kappa shape index (κ2) is 9.86. The summed E-state index contributed by atoms with van der Waals surface area (Å²) in [5.74, 6) is 0. The van der Waals surface area contributed by atoms with Crippen LogP contribution in [0.1, 0.15) is 40.5 Å². The second-order valence-corrected chi connectivity index (χ2v) is 5.10. The molecule has 0 heterocycles. The van der Waals surface area contributed by atoms with Gasteiger partial charge in [0.25, 0.3) is 0 Å². The Hall–Kier alpha value is -0.120. The summed E-state index contributed by atoms with van der Waals surface area (Å²) in [5.41, 5.74) is 0. The zero-order valence-corrected chi connectivity index (χ0v) is 12.8. The molecule has 0 rings (SSSR count). The van der Waals surface area contributed by atoms with Crippen LogP contribution in [0.25, 0.3) is 0 Å². The van der Waals surface area contributed by atoms with Gasteiger partial charge >= 0.3 is 0 Å². The number of hydrogen-bond donors (Lipinski definition) is 1. The molecule has 0 aliphatic carbocycles. The molecule has 0 aromatic heterocycles. The van der Waals surface area contributed by atoms with Gasteiger partial charge in [0.15, 0.2) is 0 Å². The van der Waals surface area contributed by atoms with E-state index in [0.717, 1.165) is 13.1 Å². The van der Waals surface area contributed by atoms with Crippen molar-refractivity contribution in [2.24, 2.45) is 0 Å². The van der Waals surface area contributed by atoms with Crippen LogP contribution in [0.4, 0.5) is 0 Å². The quantitative estimate of drug-likeness (QED) is 0.633. The molecule has 104 valence electrons. The Labute approximate surface area is 109 Å². The van der Waals surface area contributed by atoms with Gasteiger partial charge in [-0.1, -0.05) is 20.8 Å². The van der Waals surface area contributed by atoms with Gasteiger partial charge in [0.05, 0.1) is 0 Å². The molecular formula is C14H33N3. The molecule has 0 bridgehead atoms. The molecule has 0 aromatic carbocycles. The van der Waals surface area contributed by atoms with E-state index in [2.05, 4.69) is 56.9 Å². The van der Waals surface area contributed by atoms with E-state index in [0.29, 0.717) is 12.1 Å². The Balaban J connectivity index is 4.12. The highest BCUT2D eigenvalue weighted by Crippen LogP contribution is 2.08. The molecule has 0 saturated carbocycles. The van der Waals surface area contributed by atoms with Gasteiger partial charge in [-0.15, -0.1) is 0 Å². The van der Waals surface area contributed by atoms with Crippen LogP contribution in [0.15, 0.2) is 0 Å². The van der Waals surface area contributed by atoms with E-state index in [1.165, 1.54) is 25.9 Å². The summed E-state index contributed by atoms with van der Waals surface area (Å²) in [4.78, 5) is 4.86. The van der Waals surface area contributed by atoms with Gasteiger partial charge < -0.3 is 10.2 Å². The topological polar surface area (TPSA) is 18.5 Å². The van der Waals surface area contributed by atoms with Crippen molar-refractivity contribution >= 4 is 0 Å². The maximum atomic E-state index is 3.59. The Morgan fingerprint density at radius 2 is 1.71 bits per heavy atom. The Bertz CT molecular complexity index is 171. The lowest BCUT2D eigenvalue weighted by Crippen LogP contribution is -2.48. The average Bonchev–Trinajstić information content (AvgIpc) is 2.30. The number of nitrogens with one attached hydrogen (secondary N) is 1. The van der Waals surface area contributed by atoms with Gasteiger partial charge in [-0.2, -0.15) is 0 Å². The lowest BCUT2D eigenvalue weighted by atomic mass is 10.1. The van der Waals surface area contributed by atoms with Crippen LogP contribution < -0.4 is 5.32 Å². The van der Waals surface area contributed by atoms with E-state index in [4.69, 9.17) is 0 Å². The molecule has 0 aliphatic heterocycles. The highest BCUT2D eigenvalue weighted by Gasteiger charge is 2.19. The van der Waals surface area contributed by atoms with E-state index >= 15 is 0 Å². The molecule has 3 heteroatoms. The molecule has 0 radical (unpaired) electrons. The molecule has 3 nitrogen and oxygen atoms in total. The first kappa shape index (κ1) is 16.9. The van der Waals surface area contributed by atoms with Gasteiger partial charge in [0.1, 0.15) is 0 Å². The highest BCUT2D eigenvalue weighted by molar-refractivity contribution is 4.79. The van der Waals surface area contributed by atoms with Crippen LogP contribution in [0.5, 0.6) is 0 Å². The lowest BCUT2D eigenvalue weighted by Gasteiger charge is -2.34. The summed E-state index contributed by atoms with van der Waals surface area (Å²) in [6, 6.07) is 1.26. The van der Waals surface area contributed by atoms with E-state index in [-0.39, 0.29) is 0 Å². The third-order valence-electron chi connectivity index (χ3n) is 3.52. The van der Waals surface area contributed by atoms with Crippen molar-refractivity contribution in [2.75, 3.05) is 40.3 Å². The van der Waals surface area contributed by atoms with E-state index < -0.39 is 0 Å². The fraction of sp³-hybridized carbons (Fsp3) is 1.00. The largest absolute Gasteiger partial charge is 0.313 e. The fourth-order valence-corrected chi connectivity index (χ4v) is 2.41. The molecule has 0 aliphatic rings. The molecular weight excluding hydrogens is 210 g/mol. The molecule has 0 fully saturated rings. The molecule has 1 N–H and O–H groups in total. The van der Waals surface area contributed by atoms with Crippen molar-refractivity contribution in [3.05, 3.63) is 0 Å². The third-order valence-corrected chi connectivity index (χ3v) is 3.52. The molecule has 0 aromatic rings. The van der Waals surface area contributed by atoms with Gasteiger partial charge in [0, 0.05) is 12.1 Å². The lowest BCUT2D eigenvalue weighted by molar-refractivity contribution is 0.168. The number of hydrogen-bond acceptors (Lipinski definition) is 3. The first-order valence-electron chi connectivity index (χ1n) is 7.18. The van der Waals surface area contributed by atoms with Crippen LogP contribution in [0, 0.1) is 0 Å². The second-order valence-electron chi connectivity index (χ2n) is 5.10. The predicted octanol–water partition coefficient (Wildman–Crippen LogP) is 2.04. The molecule has 0 amide bonds. The van der Waals surface area contributed by atoms with Crippen molar-refractivity contribution in [1.82, 2.24) is 15.1 Å². The summed E-state index contributed by atoms with van der Waals surface area (Å²) in [7, 11) is 4.29. The van der Waals surface area contributed by atoms with Crippen molar-refractivity contribution in [2.45, 2.75) is 52.6 Å². The summed E-state index contributed by atoms with van der Waals surface area (Å²) in [6.45, 7) is 13.7. The summed E-state index contributed by atoms with van der Waals surface area (Å²) in [6.07, 6.45) is 2.47. The normalized spacial score (nSPS) is 15.5. The third kappa shape index (κ3) is 7.02. The summed E-state index contributed by atoms with van der Waals surface area (Å²) >= 11 is 0. The van der Waals surface area contributed by atoms with E-state index in [1.807, 2.05) is 0 Å². The maximum absolute atomic E-state index is 3.59. The molecule has 0 spiro atoms. The Morgan fingerprint density at radius 1 is 1.06 bits per heavy atom. The van der Waals surface area contributed by atoms with Crippen molar-refractivity contribution in [3.63, 3.8) is 0 Å². The van der Waals surface area contributed by atoms with Crippen LogP contribution in [0.3, 0.4) is 0 Å². The SMILES string of the molecule is CCNC(CC)C(C)N(CC)CCCN(C)C. The van der Waals surface area contributed by atoms with Gasteiger partial charge in [-0.3, -0.25) is 4.90 Å². The predicted molar refractivity (Wildman–Crippen MR) is 77.6 cm³/mol. The fourth-order valence-electron chi connectivity index (χ4n) is 2.41. The molecule has 2 unspecified atom stereocenters. The van der Waals surface area contributed by atoms with Crippen LogP contribution in [-0.4, -0.2) is 62.2 Å². The van der Waals surface area contributed by atoms with Gasteiger partial charge in [-0.25, -0.2) is 0 Å². The Morgan fingerprint density at radius 3 is 2.12 bits per heavy atom. The number of rotatable bonds is 10. The van der Waals surface area contributed by atoms with Crippen molar-refractivity contribution in [3.8, 4) is 0 Å². The highest BCUT2D eigenvalue weighted by atomic mass is 15.2. The smallest absolute Gasteiger partial charge is 0.0220 e. The summed E-state index contributed by atoms with van der Waals surface area (Å²) in [5, 5.41) is 3.59. The minimum Gasteiger partial charge on any atom is -0.313 e. The zero-order valence-electron chi connectivity index (χ0n) is 12.8. The summed E-state index contributed by atoms with van der Waals surface area (Å²) < 4.78 is 0. The minimum atomic E-state index is 0.624. The first-order chi connectivity index (χ1) is 8.06. The Kier molecular flexibility index (Phi) is 9.79. The average molecular weight is 243 g/mol. The standard InChI is InChI=1S/C14H33N3/c1-7-14(15-8-2)13(4)17(9-3)12-10-11-16(5)6/h13-15H,7-12H2,1-6H3. The van der Waals surface area contributed by atoms with Crippen molar-refractivity contribution in [1.29, 1.82) is 0 Å². The molecule has 2 atom stereocenters. The number of likely N-dealkylation sites (N-methyl/N-ethyl adjacent to an activating group) is 2. The zero-order chi connectivity index (χ0) is 13.3. The van der Waals surface area contributed by atoms with E-state index in [1.54, 1.807) is 0 Å². The first-order valence-corrected chi connectivity index (χ1v) is 7.18. The van der Waals surface area contributed by atoms with Crippen LogP contribution >= 0.6 is 0 Å². The minimum absolute atomic E-state index is 0.624. The van der Waals surface area contributed by atoms with Gasteiger partial charge in [0.2, 0.25) is 0 Å². The monoisotopic (exact) mass is 243 g/mol.